The number of rotatable bonds is 5. The first-order valence-corrected chi connectivity index (χ1v) is 11.5. The average molecular weight is 493 g/mol. The highest BCUT2D eigenvalue weighted by atomic mass is 79.9. The molecule has 1 saturated heterocycles. The zero-order valence-corrected chi connectivity index (χ0v) is 19.6. The van der Waals surface area contributed by atoms with Crippen molar-refractivity contribution in [2.24, 2.45) is 4.99 Å². The van der Waals surface area contributed by atoms with Gasteiger partial charge < -0.3 is 4.74 Å². The molecule has 0 aliphatic carbocycles. The molecule has 0 spiro atoms. The third kappa shape index (κ3) is 5.09. The van der Waals surface area contributed by atoms with Crippen molar-refractivity contribution in [3.05, 3.63) is 93.8 Å². The lowest BCUT2D eigenvalue weighted by Gasteiger charge is -2.15. The fourth-order valence-electron chi connectivity index (χ4n) is 3.10. The molecule has 0 radical (unpaired) electrons. The third-order valence-electron chi connectivity index (χ3n) is 4.42. The van der Waals surface area contributed by atoms with Crippen molar-refractivity contribution < 1.29 is 9.53 Å². The Hall–Kier alpha value is -2.83. The number of carbonyl (C=O) groups excluding carboxylic acids is 1. The van der Waals surface area contributed by atoms with Gasteiger partial charge in [-0.15, -0.1) is 0 Å². The maximum absolute atomic E-state index is 13.4. The molecular formula is C25H21BrN2O2S. The molecule has 0 saturated carbocycles. The zero-order valence-electron chi connectivity index (χ0n) is 17.2. The first kappa shape index (κ1) is 21.4. The second-order valence-electron chi connectivity index (χ2n) is 7.17. The fourth-order valence-corrected chi connectivity index (χ4v) is 4.47. The Morgan fingerprint density at radius 3 is 2.35 bits per heavy atom. The van der Waals surface area contributed by atoms with Gasteiger partial charge in [0.2, 0.25) is 0 Å². The molecule has 1 aliphatic rings. The minimum absolute atomic E-state index is 0.0290. The van der Waals surface area contributed by atoms with Gasteiger partial charge in [0.1, 0.15) is 5.75 Å². The summed E-state index contributed by atoms with van der Waals surface area (Å²) in [6.45, 7) is 3.96. The van der Waals surface area contributed by atoms with Crippen LogP contribution in [0.1, 0.15) is 19.4 Å². The normalized spacial score (nSPS) is 16.5. The van der Waals surface area contributed by atoms with Gasteiger partial charge in [-0.3, -0.25) is 9.69 Å². The van der Waals surface area contributed by atoms with Crippen molar-refractivity contribution in [2.75, 3.05) is 4.90 Å². The van der Waals surface area contributed by atoms with Crippen molar-refractivity contribution in [1.29, 1.82) is 0 Å². The van der Waals surface area contributed by atoms with E-state index in [1.165, 1.54) is 11.8 Å². The molecule has 0 atom stereocenters. The summed E-state index contributed by atoms with van der Waals surface area (Å²) in [6.07, 6.45) is 1.90. The van der Waals surface area contributed by atoms with Crippen LogP contribution in [-0.4, -0.2) is 17.2 Å². The molecule has 3 aromatic carbocycles. The fraction of sp³-hybridized carbons (Fsp3) is 0.120. The second kappa shape index (κ2) is 9.54. The van der Waals surface area contributed by atoms with E-state index in [1.807, 2.05) is 98.8 Å². The van der Waals surface area contributed by atoms with Crippen molar-refractivity contribution in [3.63, 3.8) is 0 Å². The number of hydrogen-bond acceptors (Lipinski definition) is 4. The molecule has 1 aliphatic heterocycles. The molecule has 0 bridgehead atoms. The van der Waals surface area contributed by atoms with Gasteiger partial charge in [0.25, 0.3) is 5.91 Å². The van der Waals surface area contributed by atoms with Gasteiger partial charge in [0.15, 0.2) is 5.17 Å². The van der Waals surface area contributed by atoms with Crippen molar-refractivity contribution >= 4 is 56.2 Å². The lowest BCUT2D eigenvalue weighted by Crippen LogP contribution is -2.28. The van der Waals surface area contributed by atoms with E-state index in [4.69, 9.17) is 9.73 Å². The Balaban J connectivity index is 1.78. The van der Waals surface area contributed by atoms with E-state index in [2.05, 4.69) is 15.9 Å². The summed E-state index contributed by atoms with van der Waals surface area (Å²) < 4.78 is 6.87. The number of thioether (sulfide) groups is 1. The van der Waals surface area contributed by atoms with Crippen LogP contribution in [0.2, 0.25) is 0 Å². The molecule has 1 amide bonds. The van der Waals surface area contributed by atoms with E-state index in [1.54, 1.807) is 4.90 Å². The average Bonchev–Trinajstić information content (AvgIpc) is 3.06. The predicted octanol–water partition coefficient (Wildman–Crippen LogP) is 7.04. The van der Waals surface area contributed by atoms with Crippen molar-refractivity contribution in [1.82, 2.24) is 0 Å². The van der Waals surface area contributed by atoms with E-state index in [9.17, 15) is 4.79 Å². The number of amidine groups is 1. The van der Waals surface area contributed by atoms with Crippen LogP contribution in [0.3, 0.4) is 0 Å². The summed E-state index contributed by atoms with van der Waals surface area (Å²) in [6, 6.07) is 25.0. The highest BCUT2D eigenvalue weighted by Crippen LogP contribution is 2.38. The van der Waals surface area contributed by atoms with Gasteiger partial charge in [0.05, 0.1) is 22.4 Å². The molecule has 0 N–H and O–H groups in total. The smallest absolute Gasteiger partial charge is 0.271 e. The van der Waals surface area contributed by atoms with Crippen LogP contribution in [0.4, 0.5) is 11.4 Å². The monoisotopic (exact) mass is 492 g/mol. The Kier molecular flexibility index (Phi) is 6.59. The summed E-state index contributed by atoms with van der Waals surface area (Å²) in [7, 11) is 0. The van der Waals surface area contributed by atoms with E-state index in [0.29, 0.717) is 10.1 Å². The standard InChI is InChI=1S/C25H21BrN2O2S/c1-17(2)30-22-14-13-19(26)15-18(22)16-23-24(29)28(21-11-7-4-8-12-21)25(31-23)27-20-9-5-3-6-10-20/h3-17H,1-2H3/b23-16-,27-25?. The summed E-state index contributed by atoms with van der Waals surface area (Å²) in [5.41, 5.74) is 2.42. The molecule has 4 rings (SSSR count). The van der Waals surface area contributed by atoms with Crippen LogP contribution in [0.15, 0.2) is 93.2 Å². The molecule has 4 nitrogen and oxygen atoms in total. The van der Waals surface area contributed by atoms with Gasteiger partial charge >= 0.3 is 0 Å². The van der Waals surface area contributed by atoms with Crippen LogP contribution in [0, 0.1) is 0 Å². The summed E-state index contributed by atoms with van der Waals surface area (Å²) in [5, 5.41) is 0.620. The van der Waals surface area contributed by atoms with Crippen LogP contribution in [0.25, 0.3) is 6.08 Å². The third-order valence-corrected chi connectivity index (χ3v) is 5.88. The number of carbonyl (C=O) groups is 1. The molecule has 156 valence electrons. The van der Waals surface area contributed by atoms with Gasteiger partial charge in [-0.1, -0.05) is 52.3 Å². The molecular weight excluding hydrogens is 472 g/mol. The van der Waals surface area contributed by atoms with E-state index < -0.39 is 0 Å². The van der Waals surface area contributed by atoms with Gasteiger partial charge in [-0.25, -0.2) is 4.99 Å². The Labute approximate surface area is 194 Å². The number of halogens is 1. The van der Waals surface area contributed by atoms with Crippen LogP contribution in [0.5, 0.6) is 5.75 Å². The Morgan fingerprint density at radius 1 is 1.00 bits per heavy atom. The van der Waals surface area contributed by atoms with E-state index in [-0.39, 0.29) is 12.0 Å². The molecule has 1 heterocycles. The maximum Gasteiger partial charge on any atom is 0.271 e. The number of benzene rings is 3. The first-order chi connectivity index (χ1) is 15.0. The Morgan fingerprint density at radius 2 is 1.68 bits per heavy atom. The molecule has 31 heavy (non-hydrogen) atoms. The summed E-state index contributed by atoms with van der Waals surface area (Å²) >= 11 is 4.88. The highest BCUT2D eigenvalue weighted by molar-refractivity contribution is 9.10. The number of nitrogens with zero attached hydrogens (tertiary/aromatic N) is 2. The minimum atomic E-state index is -0.110. The number of hydrogen-bond donors (Lipinski definition) is 0. The summed E-state index contributed by atoms with van der Waals surface area (Å²) in [4.78, 5) is 20.4. The highest BCUT2D eigenvalue weighted by Gasteiger charge is 2.35. The van der Waals surface area contributed by atoms with Gasteiger partial charge in [-0.05, 0) is 74.1 Å². The number of aliphatic imine (C=N–C) groups is 1. The van der Waals surface area contributed by atoms with Crippen molar-refractivity contribution in [2.45, 2.75) is 20.0 Å². The number of amides is 1. The van der Waals surface area contributed by atoms with Crippen molar-refractivity contribution in [3.8, 4) is 5.75 Å². The predicted molar refractivity (Wildman–Crippen MR) is 133 cm³/mol. The van der Waals surface area contributed by atoms with E-state index >= 15 is 0 Å². The van der Waals surface area contributed by atoms with Gasteiger partial charge in [-0.2, -0.15) is 0 Å². The number of ether oxygens (including phenoxy) is 1. The lowest BCUT2D eigenvalue weighted by atomic mass is 10.1. The second-order valence-corrected chi connectivity index (χ2v) is 9.09. The number of para-hydroxylation sites is 2. The molecule has 6 heteroatoms. The molecule has 0 aromatic heterocycles. The Bertz CT molecular complexity index is 1140. The largest absolute Gasteiger partial charge is 0.490 e. The van der Waals surface area contributed by atoms with E-state index in [0.717, 1.165) is 27.2 Å². The minimum Gasteiger partial charge on any atom is -0.490 e. The zero-order chi connectivity index (χ0) is 21.8. The lowest BCUT2D eigenvalue weighted by molar-refractivity contribution is -0.113. The quantitative estimate of drug-likeness (QED) is 0.358. The maximum atomic E-state index is 13.4. The van der Waals surface area contributed by atoms with Crippen LogP contribution < -0.4 is 9.64 Å². The van der Waals surface area contributed by atoms with Crippen LogP contribution >= 0.6 is 27.7 Å². The molecule has 1 fully saturated rings. The molecule has 3 aromatic rings. The van der Waals surface area contributed by atoms with Crippen LogP contribution in [-0.2, 0) is 4.79 Å². The first-order valence-electron chi connectivity index (χ1n) is 9.90. The summed E-state index contributed by atoms with van der Waals surface area (Å²) in [5.74, 6) is 0.625. The SMILES string of the molecule is CC(C)Oc1ccc(Br)cc1/C=C1\SC(=Nc2ccccc2)N(c2ccccc2)C1=O. The topological polar surface area (TPSA) is 41.9 Å². The number of anilines is 1. The van der Waals surface area contributed by atoms with Gasteiger partial charge in [0, 0.05) is 10.0 Å². The molecule has 0 unspecified atom stereocenters.